The van der Waals surface area contributed by atoms with Gasteiger partial charge in [0.05, 0.1) is 17.1 Å². The average molecular weight is 628 g/mol. The van der Waals surface area contributed by atoms with Gasteiger partial charge in [-0.15, -0.1) is 6.42 Å². The number of carbonyl (C=O) groups excluding carboxylic acids is 1. The predicted molar refractivity (Wildman–Crippen MR) is 177 cm³/mol. The third-order valence-corrected chi connectivity index (χ3v) is 10.3. The summed E-state index contributed by atoms with van der Waals surface area (Å²) in [5, 5.41) is 5.23. The number of nitrogens with one attached hydrogen (secondary N) is 1. The van der Waals surface area contributed by atoms with Crippen molar-refractivity contribution in [3.8, 4) is 18.1 Å². The van der Waals surface area contributed by atoms with Crippen LogP contribution in [0.5, 0.6) is 5.75 Å². The second-order valence-corrected chi connectivity index (χ2v) is 13.2. The van der Waals surface area contributed by atoms with E-state index in [2.05, 4.69) is 41.7 Å². The van der Waals surface area contributed by atoms with E-state index in [1.807, 2.05) is 46.2 Å². The Morgan fingerprint density at radius 1 is 0.955 bits per heavy atom. The molecule has 1 N–H and O–H groups in total. The molecule has 0 radical (unpaired) electrons. The molecule has 4 aliphatic heterocycles. The zero-order valence-electron chi connectivity index (χ0n) is 24.6. The molecule has 0 saturated carbocycles. The Kier molecular flexibility index (Phi) is 8.05. The molecule has 4 aliphatic rings. The molecule has 0 unspecified atom stereocenters. The fraction of sp³-hybridized carbons (Fsp3) is 0.389. The summed E-state index contributed by atoms with van der Waals surface area (Å²) < 4.78 is 6.82. The van der Waals surface area contributed by atoms with Gasteiger partial charge in [-0.05, 0) is 79.4 Å². The minimum Gasteiger partial charge on any atom is -0.490 e. The van der Waals surface area contributed by atoms with Gasteiger partial charge in [0, 0.05) is 72.3 Å². The first-order valence-corrected chi connectivity index (χ1v) is 16.4. The van der Waals surface area contributed by atoms with E-state index >= 15 is 0 Å². The lowest BCUT2D eigenvalue weighted by molar-refractivity contribution is 0.0965. The van der Waals surface area contributed by atoms with Crippen LogP contribution in [0.3, 0.4) is 0 Å². The van der Waals surface area contributed by atoms with Crippen LogP contribution in [0.1, 0.15) is 66.3 Å². The first kappa shape index (κ1) is 29.2. The second-order valence-electron chi connectivity index (χ2n) is 12.3. The van der Waals surface area contributed by atoms with Crippen molar-refractivity contribution in [3.63, 3.8) is 0 Å². The summed E-state index contributed by atoms with van der Waals surface area (Å²) in [6, 6.07) is 20.2. The Bertz CT molecular complexity index is 1640. The molecule has 0 bridgehead atoms. The van der Waals surface area contributed by atoms with E-state index < -0.39 is 5.41 Å². The molecule has 226 valence electrons. The Morgan fingerprint density at radius 3 is 2.50 bits per heavy atom. The Hall–Kier alpha value is -3.50. The minimum absolute atomic E-state index is 0.000306. The van der Waals surface area contributed by atoms with Gasteiger partial charge >= 0.3 is 6.03 Å². The summed E-state index contributed by atoms with van der Waals surface area (Å²) in [6.45, 7) is 3.93. The first-order chi connectivity index (χ1) is 21.5. The fourth-order valence-corrected chi connectivity index (χ4v) is 8.03. The molecule has 7 rings (SSSR count). The molecule has 0 aromatic heterocycles. The number of fused-ring (bicyclic) bond motifs is 2. The van der Waals surface area contributed by atoms with Gasteiger partial charge in [0.1, 0.15) is 11.9 Å². The summed E-state index contributed by atoms with van der Waals surface area (Å²) >= 11 is 13.0. The molecule has 4 heterocycles. The lowest BCUT2D eigenvalue weighted by Crippen LogP contribution is -2.51. The van der Waals surface area contributed by atoms with Gasteiger partial charge in [-0.3, -0.25) is 4.99 Å². The highest BCUT2D eigenvalue weighted by Crippen LogP contribution is 2.57. The quantitative estimate of drug-likeness (QED) is 0.305. The molecule has 1 spiro atoms. The van der Waals surface area contributed by atoms with Crippen LogP contribution in [-0.2, 0) is 5.41 Å². The van der Waals surface area contributed by atoms with Crippen LogP contribution in [0.25, 0.3) is 0 Å². The van der Waals surface area contributed by atoms with Gasteiger partial charge < -0.3 is 19.9 Å². The number of aliphatic imine (C=N–C) groups is 1. The predicted octanol–water partition coefficient (Wildman–Crippen LogP) is 7.51. The third-order valence-electron chi connectivity index (χ3n) is 9.80. The number of halogens is 2. The topological polar surface area (TPSA) is 57.2 Å². The molecule has 44 heavy (non-hydrogen) atoms. The zero-order valence-corrected chi connectivity index (χ0v) is 26.2. The number of benzene rings is 3. The maximum absolute atomic E-state index is 13.0. The van der Waals surface area contributed by atoms with E-state index in [1.54, 1.807) is 0 Å². The van der Waals surface area contributed by atoms with E-state index in [0.717, 1.165) is 79.9 Å². The van der Waals surface area contributed by atoms with Gasteiger partial charge in [0.15, 0.2) is 0 Å². The van der Waals surface area contributed by atoms with Crippen LogP contribution in [0.15, 0.2) is 65.7 Å². The highest BCUT2D eigenvalue weighted by atomic mass is 35.5. The van der Waals surface area contributed by atoms with Gasteiger partial charge in [-0.25, -0.2) is 4.79 Å². The van der Waals surface area contributed by atoms with E-state index in [9.17, 15) is 4.79 Å². The standard InChI is InChI=1S/C36H36Cl2N4O2/c1-2-24-8-11-33(44-28-13-18-42(19-14-28)35(43)41-16-3-4-17-41)29(20-24)34-36(23-40-32-22-27(38)9-10-31(32)36)30(12-15-39-34)25-6-5-7-26(37)21-25/h1,5-11,20-23,28,30,34,39H,3-4,12-19H2/t30-,34-,36-/m0/s1. The summed E-state index contributed by atoms with van der Waals surface area (Å²) in [6.07, 6.45) is 12.7. The van der Waals surface area contributed by atoms with Gasteiger partial charge in [-0.1, -0.05) is 47.3 Å². The van der Waals surface area contributed by atoms with Crippen molar-refractivity contribution in [2.75, 3.05) is 32.7 Å². The summed E-state index contributed by atoms with van der Waals surface area (Å²) in [7, 11) is 0. The van der Waals surface area contributed by atoms with Gasteiger partial charge in [-0.2, -0.15) is 0 Å². The number of likely N-dealkylation sites (tertiary alicyclic amines) is 2. The number of nitrogens with zero attached hydrogens (tertiary/aromatic N) is 3. The van der Waals surface area contributed by atoms with Crippen LogP contribution < -0.4 is 10.1 Å². The summed E-state index contributed by atoms with van der Waals surface area (Å²) in [5.41, 5.74) is 4.45. The van der Waals surface area contributed by atoms with Crippen molar-refractivity contribution in [3.05, 3.63) is 93.0 Å². The molecule has 8 heteroatoms. The van der Waals surface area contributed by atoms with Crippen molar-refractivity contribution in [2.24, 2.45) is 4.99 Å². The van der Waals surface area contributed by atoms with E-state index in [1.165, 1.54) is 5.56 Å². The normalized spacial score (nSPS) is 24.8. The average Bonchev–Trinajstić information content (AvgIpc) is 3.71. The van der Waals surface area contributed by atoms with Crippen LogP contribution in [0.4, 0.5) is 10.5 Å². The van der Waals surface area contributed by atoms with Crippen molar-refractivity contribution in [1.82, 2.24) is 15.1 Å². The fourth-order valence-electron chi connectivity index (χ4n) is 7.67. The van der Waals surface area contributed by atoms with E-state index in [4.69, 9.17) is 39.4 Å². The lowest BCUT2D eigenvalue weighted by Gasteiger charge is -2.48. The Labute approximate surface area is 269 Å². The maximum Gasteiger partial charge on any atom is 0.320 e. The molecule has 2 amide bonds. The van der Waals surface area contributed by atoms with Crippen molar-refractivity contribution in [2.45, 2.75) is 55.6 Å². The largest absolute Gasteiger partial charge is 0.490 e. The van der Waals surface area contributed by atoms with E-state index in [0.29, 0.717) is 23.1 Å². The number of hydrogen-bond acceptors (Lipinski definition) is 4. The minimum atomic E-state index is -0.528. The Balaban J connectivity index is 1.24. The molecule has 3 aromatic rings. The molecule has 3 aromatic carbocycles. The van der Waals surface area contributed by atoms with Crippen molar-refractivity contribution >= 4 is 41.1 Å². The number of carbonyl (C=O) groups is 1. The number of amides is 2. The van der Waals surface area contributed by atoms with Crippen molar-refractivity contribution < 1.29 is 9.53 Å². The highest BCUT2D eigenvalue weighted by Gasteiger charge is 2.53. The molecule has 6 nitrogen and oxygen atoms in total. The lowest BCUT2D eigenvalue weighted by atomic mass is 9.60. The highest BCUT2D eigenvalue weighted by molar-refractivity contribution is 6.31. The number of piperidine rings is 2. The monoisotopic (exact) mass is 626 g/mol. The van der Waals surface area contributed by atoms with Crippen LogP contribution >= 0.6 is 23.2 Å². The van der Waals surface area contributed by atoms with Crippen molar-refractivity contribution in [1.29, 1.82) is 0 Å². The van der Waals surface area contributed by atoms with E-state index in [-0.39, 0.29) is 24.1 Å². The maximum atomic E-state index is 13.0. The van der Waals surface area contributed by atoms with Crippen LogP contribution in [0.2, 0.25) is 10.0 Å². The number of ether oxygens (including phenoxy) is 1. The third kappa shape index (κ3) is 5.26. The van der Waals surface area contributed by atoms with Crippen LogP contribution in [0, 0.1) is 12.3 Å². The summed E-state index contributed by atoms with van der Waals surface area (Å²) in [5.74, 6) is 3.75. The molecule has 3 atom stereocenters. The second kappa shape index (κ2) is 12.1. The summed E-state index contributed by atoms with van der Waals surface area (Å²) in [4.78, 5) is 21.9. The van der Waals surface area contributed by atoms with Crippen LogP contribution in [-0.4, -0.2) is 60.9 Å². The van der Waals surface area contributed by atoms with Gasteiger partial charge in [0.2, 0.25) is 0 Å². The first-order valence-electron chi connectivity index (χ1n) is 15.6. The number of hydrogen-bond donors (Lipinski definition) is 1. The molecular weight excluding hydrogens is 591 g/mol. The zero-order chi connectivity index (χ0) is 30.3. The molecular formula is C36H36Cl2N4O2. The number of rotatable bonds is 4. The molecule has 3 fully saturated rings. The SMILES string of the molecule is C#Cc1ccc(OC2CCN(C(=O)N3CCCC3)CC2)c([C@@H]2NCC[C@@H](c3cccc(Cl)c3)[C@]23C=Nc2cc(Cl)ccc23)c1. The molecule has 0 aliphatic carbocycles. The number of urea groups is 1. The smallest absolute Gasteiger partial charge is 0.320 e. The molecule has 3 saturated heterocycles. The van der Waals surface area contributed by atoms with Gasteiger partial charge in [0.25, 0.3) is 0 Å². The number of terminal acetylenes is 1. The Morgan fingerprint density at radius 2 is 1.73 bits per heavy atom.